The number of halogens is 1. The van der Waals surface area contributed by atoms with Crippen LogP contribution in [0.15, 0.2) is 42.7 Å². The zero-order chi connectivity index (χ0) is 38.2. The lowest BCUT2D eigenvalue weighted by Crippen LogP contribution is -3.00. The predicted octanol–water partition coefficient (Wildman–Crippen LogP) is 12.2. The zero-order valence-electron chi connectivity index (χ0n) is 36.8. The number of pyridine rings is 1. The van der Waals surface area contributed by atoms with E-state index in [1.165, 1.54) is 190 Å². The maximum atomic E-state index is 6.48. The van der Waals surface area contributed by atoms with Gasteiger partial charge in [0.15, 0.2) is 12.4 Å². The molecule has 0 amide bonds. The number of aromatic nitrogens is 1. The molecule has 0 radical (unpaired) electrons. The third-order valence-electron chi connectivity index (χ3n) is 11.2. The minimum absolute atomic E-state index is 0. The average Bonchev–Trinajstić information content (AvgIpc) is 3.13. The molecule has 54 heavy (non-hydrogen) atoms. The molecule has 0 aliphatic heterocycles. The molecule has 4 heteroatoms. The Balaban J connectivity index is 0.0000146. The van der Waals surface area contributed by atoms with E-state index in [1.54, 1.807) is 0 Å². The molecule has 0 aliphatic rings. The van der Waals surface area contributed by atoms with Crippen LogP contribution < -0.4 is 33.3 Å². The SMILES string of the molecule is CCCCCCCCCCCCCCCCOc1ccc(CN(CCCCCCCCCCCCCCCC)Cc2ccc[n+](C)c2)cc1C(C)(C)C.[I-]. The fraction of sp³-hybridized carbons (Fsp3) is 0.780. The first-order chi connectivity index (χ1) is 25.8. The van der Waals surface area contributed by atoms with Gasteiger partial charge in [0, 0.05) is 24.7 Å². The van der Waals surface area contributed by atoms with Gasteiger partial charge in [-0.15, -0.1) is 0 Å². The highest BCUT2D eigenvalue weighted by molar-refractivity contribution is 5.41. The standard InChI is InChI=1S/C50H89N2O.HI/c1-7-9-11-13-15-17-19-21-23-25-27-29-31-33-40-52(45-47-36-35-39-51(6)43-47)44-46-37-38-49(48(42-46)50(3,4)5)53-41-34-32-30-28-26-24-22-20-18-16-14-12-10-8-2;/h35-39,42-43H,7-34,40-41,44-45H2,1-6H3;1H/q+1;/p-1. The van der Waals surface area contributed by atoms with E-state index >= 15 is 0 Å². The molecule has 0 unspecified atom stereocenters. The summed E-state index contributed by atoms with van der Waals surface area (Å²) in [6.07, 6.45) is 43.6. The Kier molecular flexibility index (Phi) is 32.0. The number of benzene rings is 1. The summed E-state index contributed by atoms with van der Waals surface area (Å²) in [6.45, 7) is 15.6. The van der Waals surface area contributed by atoms with Gasteiger partial charge in [-0.2, -0.15) is 0 Å². The quantitative estimate of drug-likeness (QED) is 0.0390. The number of nitrogens with zero attached hydrogens (tertiary/aromatic N) is 2. The van der Waals surface area contributed by atoms with Crippen LogP contribution in [0.1, 0.15) is 231 Å². The van der Waals surface area contributed by atoms with Crippen molar-refractivity contribution in [2.75, 3.05) is 13.2 Å². The molecule has 1 aromatic carbocycles. The average molecular weight is 861 g/mol. The van der Waals surface area contributed by atoms with Crippen molar-refractivity contribution in [3.63, 3.8) is 0 Å². The molecule has 0 aliphatic carbocycles. The summed E-state index contributed by atoms with van der Waals surface area (Å²) >= 11 is 0. The van der Waals surface area contributed by atoms with E-state index in [0.717, 1.165) is 38.4 Å². The minimum atomic E-state index is 0. The van der Waals surface area contributed by atoms with Gasteiger partial charge in [-0.25, -0.2) is 4.57 Å². The van der Waals surface area contributed by atoms with Crippen molar-refractivity contribution in [3.05, 3.63) is 59.4 Å². The topological polar surface area (TPSA) is 16.4 Å². The van der Waals surface area contributed by atoms with Gasteiger partial charge in [0.1, 0.15) is 12.8 Å². The number of ether oxygens (including phenoxy) is 1. The van der Waals surface area contributed by atoms with Gasteiger partial charge in [0.2, 0.25) is 0 Å². The number of aryl methyl sites for hydroxylation is 1. The molecule has 0 saturated carbocycles. The van der Waals surface area contributed by atoms with Crippen LogP contribution in [0.3, 0.4) is 0 Å². The predicted molar refractivity (Wildman–Crippen MR) is 233 cm³/mol. The van der Waals surface area contributed by atoms with Gasteiger partial charge >= 0.3 is 0 Å². The largest absolute Gasteiger partial charge is 1.00 e. The summed E-state index contributed by atoms with van der Waals surface area (Å²) in [4.78, 5) is 2.67. The smallest absolute Gasteiger partial charge is 0.173 e. The maximum absolute atomic E-state index is 6.48. The first-order valence-corrected chi connectivity index (χ1v) is 23.3. The summed E-state index contributed by atoms with van der Waals surface area (Å²) in [5.41, 5.74) is 4.20. The van der Waals surface area contributed by atoms with E-state index in [1.807, 2.05) is 0 Å². The molecule has 1 aromatic heterocycles. The second kappa shape index (κ2) is 33.9. The molecule has 0 N–H and O–H groups in total. The molecular formula is C50H89IN2O. The summed E-state index contributed by atoms with van der Waals surface area (Å²) in [7, 11) is 2.13. The van der Waals surface area contributed by atoms with Gasteiger partial charge in [-0.1, -0.05) is 214 Å². The Morgan fingerprint density at radius 1 is 0.537 bits per heavy atom. The molecule has 2 aromatic rings. The zero-order valence-corrected chi connectivity index (χ0v) is 39.0. The van der Waals surface area contributed by atoms with Crippen molar-refractivity contribution >= 4 is 0 Å². The van der Waals surface area contributed by atoms with Crippen molar-refractivity contribution in [1.82, 2.24) is 4.90 Å². The van der Waals surface area contributed by atoms with Gasteiger partial charge in [0.25, 0.3) is 0 Å². The van der Waals surface area contributed by atoms with Crippen molar-refractivity contribution in [2.45, 2.75) is 233 Å². The van der Waals surface area contributed by atoms with Crippen LogP contribution in [0.4, 0.5) is 0 Å². The van der Waals surface area contributed by atoms with Crippen LogP contribution in [0.5, 0.6) is 5.75 Å². The van der Waals surface area contributed by atoms with E-state index in [2.05, 4.69) is 93.9 Å². The fourth-order valence-corrected chi connectivity index (χ4v) is 7.87. The van der Waals surface area contributed by atoms with Crippen molar-refractivity contribution < 1.29 is 33.3 Å². The Hall–Kier alpha value is -1.14. The molecule has 0 bridgehead atoms. The lowest BCUT2D eigenvalue weighted by atomic mass is 9.85. The first kappa shape index (κ1) is 50.9. The summed E-state index contributed by atoms with van der Waals surface area (Å²) in [6, 6.07) is 11.5. The minimum Gasteiger partial charge on any atom is -1.00 e. The number of unbranched alkanes of at least 4 members (excludes halogenated alkanes) is 26. The van der Waals surface area contributed by atoms with Crippen molar-refractivity contribution in [2.24, 2.45) is 7.05 Å². The molecule has 0 saturated heterocycles. The van der Waals surface area contributed by atoms with Crippen LogP contribution in [-0.2, 0) is 25.6 Å². The second-order valence-electron chi connectivity index (χ2n) is 17.7. The molecule has 0 atom stereocenters. The summed E-state index contributed by atoms with van der Waals surface area (Å²) in [5, 5.41) is 0. The first-order valence-electron chi connectivity index (χ1n) is 23.3. The van der Waals surface area contributed by atoms with Gasteiger partial charge < -0.3 is 28.7 Å². The molecular weight excluding hydrogens is 771 g/mol. The third kappa shape index (κ3) is 26.7. The third-order valence-corrected chi connectivity index (χ3v) is 11.2. The van der Waals surface area contributed by atoms with Crippen LogP contribution in [-0.4, -0.2) is 18.1 Å². The summed E-state index contributed by atoms with van der Waals surface area (Å²) < 4.78 is 8.66. The molecule has 0 fully saturated rings. The van der Waals surface area contributed by atoms with E-state index < -0.39 is 0 Å². The lowest BCUT2D eigenvalue weighted by Gasteiger charge is -2.26. The lowest BCUT2D eigenvalue weighted by molar-refractivity contribution is -0.672. The monoisotopic (exact) mass is 861 g/mol. The van der Waals surface area contributed by atoms with Crippen LogP contribution in [0.25, 0.3) is 0 Å². The number of hydrogen-bond donors (Lipinski definition) is 0. The van der Waals surface area contributed by atoms with E-state index in [-0.39, 0.29) is 29.4 Å². The van der Waals surface area contributed by atoms with Gasteiger partial charge in [-0.3, -0.25) is 4.90 Å². The molecule has 2 rings (SSSR count). The Morgan fingerprint density at radius 3 is 1.41 bits per heavy atom. The fourth-order valence-electron chi connectivity index (χ4n) is 7.87. The Morgan fingerprint density at radius 2 is 0.963 bits per heavy atom. The highest BCUT2D eigenvalue weighted by Gasteiger charge is 2.20. The second-order valence-corrected chi connectivity index (χ2v) is 17.7. The van der Waals surface area contributed by atoms with E-state index in [0.29, 0.717) is 0 Å². The Labute approximate surface area is 354 Å². The van der Waals surface area contributed by atoms with Crippen LogP contribution in [0, 0.1) is 0 Å². The molecule has 1 heterocycles. The van der Waals surface area contributed by atoms with E-state index in [9.17, 15) is 0 Å². The number of hydrogen-bond acceptors (Lipinski definition) is 2. The Bertz CT molecular complexity index is 1130. The number of rotatable bonds is 35. The van der Waals surface area contributed by atoms with Crippen molar-refractivity contribution in [1.29, 1.82) is 0 Å². The summed E-state index contributed by atoms with van der Waals surface area (Å²) in [5.74, 6) is 1.09. The van der Waals surface area contributed by atoms with E-state index in [4.69, 9.17) is 4.74 Å². The van der Waals surface area contributed by atoms with Crippen molar-refractivity contribution in [3.8, 4) is 5.75 Å². The molecule has 312 valence electrons. The van der Waals surface area contributed by atoms with Crippen LogP contribution in [0.2, 0.25) is 0 Å². The normalized spacial score (nSPS) is 11.7. The van der Waals surface area contributed by atoms with Crippen LogP contribution >= 0.6 is 0 Å². The highest BCUT2D eigenvalue weighted by Crippen LogP contribution is 2.33. The highest BCUT2D eigenvalue weighted by atomic mass is 127. The van der Waals surface area contributed by atoms with Gasteiger partial charge in [-0.05, 0) is 48.1 Å². The molecule has 3 nitrogen and oxygen atoms in total. The van der Waals surface area contributed by atoms with Gasteiger partial charge in [0.05, 0.1) is 6.61 Å². The molecule has 0 spiro atoms. The maximum Gasteiger partial charge on any atom is 0.173 e.